The van der Waals surface area contributed by atoms with Gasteiger partial charge in [0.1, 0.15) is 10.4 Å². The first-order chi connectivity index (χ1) is 9.70. The molecule has 2 aromatic carbocycles. The summed E-state index contributed by atoms with van der Waals surface area (Å²) >= 11 is 5.40. The fourth-order valence-electron chi connectivity index (χ4n) is 2.09. The maximum Gasteiger partial charge on any atom is 0.160 e. The highest BCUT2D eigenvalue weighted by molar-refractivity contribution is 7.71. The SMILES string of the molecule is COc1ccc(-c2nc3ccccc3c(=S)n2N)cc1. The number of hydrogen-bond acceptors (Lipinski definition) is 4. The highest BCUT2D eigenvalue weighted by Gasteiger charge is 2.08. The van der Waals surface area contributed by atoms with Crippen molar-refractivity contribution in [3.8, 4) is 17.1 Å². The Kier molecular flexibility index (Phi) is 3.12. The number of para-hydroxylation sites is 1. The molecule has 0 saturated carbocycles. The van der Waals surface area contributed by atoms with E-state index in [9.17, 15) is 0 Å². The summed E-state index contributed by atoms with van der Waals surface area (Å²) in [6, 6.07) is 15.3. The Morgan fingerprint density at radius 1 is 1.10 bits per heavy atom. The molecule has 0 unspecified atom stereocenters. The van der Waals surface area contributed by atoms with Crippen molar-refractivity contribution < 1.29 is 4.74 Å². The van der Waals surface area contributed by atoms with Gasteiger partial charge in [0.15, 0.2) is 5.82 Å². The highest BCUT2D eigenvalue weighted by Crippen LogP contribution is 2.23. The zero-order chi connectivity index (χ0) is 14.1. The first kappa shape index (κ1) is 12.6. The molecule has 3 aromatic rings. The van der Waals surface area contributed by atoms with Crippen LogP contribution < -0.4 is 10.6 Å². The van der Waals surface area contributed by atoms with Gasteiger partial charge < -0.3 is 10.6 Å². The lowest BCUT2D eigenvalue weighted by atomic mass is 10.2. The van der Waals surface area contributed by atoms with Crippen LogP contribution >= 0.6 is 12.2 Å². The van der Waals surface area contributed by atoms with Crippen LogP contribution in [0.4, 0.5) is 0 Å². The van der Waals surface area contributed by atoms with E-state index in [1.807, 2.05) is 48.5 Å². The van der Waals surface area contributed by atoms with E-state index in [0.717, 1.165) is 22.2 Å². The number of fused-ring (bicyclic) bond motifs is 1. The van der Waals surface area contributed by atoms with Gasteiger partial charge in [-0.25, -0.2) is 9.66 Å². The summed E-state index contributed by atoms with van der Waals surface area (Å²) in [5.41, 5.74) is 1.73. The van der Waals surface area contributed by atoms with Crippen molar-refractivity contribution in [2.75, 3.05) is 13.0 Å². The van der Waals surface area contributed by atoms with Gasteiger partial charge in [-0.05, 0) is 36.4 Å². The maximum atomic E-state index is 6.07. The van der Waals surface area contributed by atoms with Gasteiger partial charge in [-0.2, -0.15) is 0 Å². The van der Waals surface area contributed by atoms with Crippen molar-refractivity contribution in [2.45, 2.75) is 0 Å². The molecule has 4 nitrogen and oxygen atoms in total. The minimum absolute atomic E-state index is 0.571. The zero-order valence-electron chi connectivity index (χ0n) is 10.9. The molecule has 0 saturated heterocycles. The van der Waals surface area contributed by atoms with E-state index in [4.69, 9.17) is 22.8 Å². The van der Waals surface area contributed by atoms with E-state index in [1.54, 1.807) is 7.11 Å². The Labute approximate surface area is 121 Å². The molecule has 0 spiro atoms. The summed E-state index contributed by atoms with van der Waals surface area (Å²) in [5.74, 6) is 7.49. The van der Waals surface area contributed by atoms with Gasteiger partial charge in [0.2, 0.25) is 0 Å². The third kappa shape index (κ3) is 2.02. The van der Waals surface area contributed by atoms with Crippen LogP contribution in [0.15, 0.2) is 48.5 Å². The lowest BCUT2D eigenvalue weighted by Crippen LogP contribution is -2.15. The second kappa shape index (κ2) is 4.94. The van der Waals surface area contributed by atoms with Crippen LogP contribution in [0.1, 0.15) is 0 Å². The molecule has 0 bridgehead atoms. The molecule has 0 amide bonds. The van der Waals surface area contributed by atoms with E-state index in [2.05, 4.69) is 4.98 Å². The molecule has 0 fully saturated rings. The minimum Gasteiger partial charge on any atom is -0.497 e. The highest BCUT2D eigenvalue weighted by atomic mass is 32.1. The van der Waals surface area contributed by atoms with Gasteiger partial charge in [0, 0.05) is 10.9 Å². The smallest absolute Gasteiger partial charge is 0.160 e. The Morgan fingerprint density at radius 3 is 2.50 bits per heavy atom. The van der Waals surface area contributed by atoms with E-state index in [0.29, 0.717) is 10.5 Å². The lowest BCUT2D eigenvalue weighted by molar-refractivity contribution is 0.415. The molecule has 0 aliphatic rings. The van der Waals surface area contributed by atoms with E-state index >= 15 is 0 Å². The van der Waals surface area contributed by atoms with Crippen LogP contribution in [0.2, 0.25) is 0 Å². The number of nitrogen functional groups attached to an aromatic ring is 1. The molecule has 0 atom stereocenters. The molecule has 0 aliphatic carbocycles. The zero-order valence-corrected chi connectivity index (χ0v) is 11.7. The maximum absolute atomic E-state index is 6.07. The lowest BCUT2D eigenvalue weighted by Gasteiger charge is -2.10. The number of nitrogens with zero attached hydrogens (tertiary/aromatic N) is 2. The number of methoxy groups -OCH3 is 1. The molecule has 1 aromatic heterocycles. The van der Waals surface area contributed by atoms with E-state index < -0.39 is 0 Å². The van der Waals surface area contributed by atoms with Gasteiger partial charge in [-0.15, -0.1) is 0 Å². The molecule has 2 N–H and O–H groups in total. The van der Waals surface area contributed by atoms with Gasteiger partial charge >= 0.3 is 0 Å². The van der Waals surface area contributed by atoms with E-state index in [-0.39, 0.29) is 0 Å². The van der Waals surface area contributed by atoms with Gasteiger partial charge in [-0.3, -0.25) is 0 Å². The van der Waals surface area contributed by atoms with Crippen LogP contribution in [0.25, 0.3) is 22.3 Å². The first-order valence-electron chi connectivity index (χ1n) is 6.12. The van der Waals surface area contributed by atoms with Crippen LogP contribution in [0.5, 0.6) is 5.75 Å². The minimum atomic E-state index is 0.571. The van der Waals surface area contributed by atoms with Crippen molar-refractivity contribution >= 4 is 23.1 Å². The van der Waals surface area contributed by atoms with Crippen molar-refractivity contribution in [1.82, 2.24) is 9.66 Å². The van der Waals surface area contributed by atoms with Crippen LogP contribution in [-0.4, -0.2) is 16.8 Å². The number of hydrogen-bond donors (Lipinski definition) is 1. The summed E-state index contributed by atoms with van der Waals surface area (Å²) in [6.45, 7) is 0. The predicted molar refractivity (Wildman–Crippen MR) is 82.7 cm³/mol. The third-order valence-electron chi connectivity index (χ3n) is 3.16. The quantitative estimate of drug-likeness (QED) is 0.580. The number of benzene rings is 2. The third-order valence-corrected chi connectivity index (χ3v) is 3.57. The fraction of sp³-hybridized carbons (Fsp3) is 0.0667. The number of ether oxygens (including phenoxy) is 1. The second-order valence-corrected chi connectivity index (χ2v) is 4.74. The molecule has 20 heavy (non-hydrogen) atoms. The largest absolute Gasteiger partial charge is 0.497 e. The Morgan fingerprint density at radius 2 is 1.80 bits per heavy atom. The summed E-state index contributed by atoms with van der Waals surface area (Å²) in [4.78, 5) is 4.59. The summed E-state index contributed by atoms with van der Waals surface area (Å²) in [5, 5.41) is 0.877. The number of nitrogens with two attached hydrogens (primary N) is 1. The fourth-order valence-corrected chi connectivity index (χ4v) is 2.35. The second-order valence-electron chi connectivity index (χ2n) is 4.36. The molecule has 1 heterocycles. The average molecular weight is 283 g/mol. The van der Waals surface area contributed by atoms with Crippen molar-refractivity contribution in [3.63, 3.8) is 0 Å². The Bertz CT molecular complexity index is 825. The normalized spacial score (nSPS) is 10.7. The number of aromatic nitrogens is 2. The molecular weight excluding hydrogens is 270 g/mol. The van der Waals surface area contributed by atoms with Gasteiger partial charge in [-0.1, -0.05) is 24.4 Å². The molecular formula is C15H13N3OS. The van der Waals surface area contributed by atoms with Crippen molar-refractivity contribution in [1.29, 1.82) is 0 Å². The molecule has 0 aliphatic heterocycles. The standard InChI is InChI=1S/C15H13N3OS/c1-19-11-8-6-10(7-9-11)14-17-13-5-3-2-4-12(13)15(20)18(14)16/h2-9H,16H2,1H3. The van der Waals surface area contributed by atoms with Crippen LogP contribution in [0, 0.1) is 4.64 Å². The first-order valence-corrected chi connectivity index (χ1v) is 6.53. The molecule has 3 rings (SSSR count). The summed E-state index contributed by atoms with van der Waals surface area (Å²) in [7, 11) is 1.63. The summed E-state index contributed by atoms with van der Waals surface area (Å²) in [6.07, 6.45) is 0. The topological polar surface area (TPSA) is 53.1 Å². The van der Waals surface area contributed by atoms with Gasteiger partial charge in [0.25, 0.3) is 0 Å². The van der Waals surface area contributed by atoms with Crippen LogP contribution in [-0.2, 0) is 0 Å². The Balaban J connectivity index is 2.25. The summed E-state index contributed by atoms with van der Waals surface area (Å²) < 4.78 is 7.16. The Hall–Kier alpha value is -2.40. The van der Waals surface area contributed by atoms with Gasteiger partial charge in [0.05, 0.1) is 12.6 Å². The van der Waals surface area contributed by atoms with E-state index in [1.165, 1.54) is 4.68 Å². The average Bonchev–Trinajstić information content (AvgIpc) is 2.51. The molecule has 100 valence electrons. The molecule has 5 heteroatoms. The van der Waals surface area contributed by atoms with Crippen molar-refractivity contribution in [2.24, 2.45) is 0 Å². The van der Waals surface area contributed by atoms with Crippen molar-refractivity contribution in [3.05, 3.63) is 53.2 Å². The predicted octanol–water partition coefficient (Wildman–Crippen LogP) is 3.16. The molecule has 0 radical (unpaired) electrons. The number of rotatable bonds is 2. The monoisotopic (exact) mass is 283 g/mol. The van der Waals surface area contributed by atoms with Crippen LogP contribution in [0.3, 0.4) is 0 Å².